The molecular weight excluding hydrogens is 242 g/mol. The number of carbonyl (C=O) groups is 1. The van der Waals surface area contributed by atoms with Crippen molar-refractivity contribution in [3.63, 3.8) is 0 Å². The summed E-state index contributed by atoms with van der Waals surface area (Å²) in [5, 5.41) is 0.585. The Morgan fingerprint density at radius 3 is 2.82 bits per heavy atom. The summed E-state index contributed by atoms with van der Waals surface area (Å²) in [6, 6.07) is 5.10. The molecule has 0 aromatic heterocycles. The highest BCUT2D eigenvalue weighted by Gasteiger charge is 2.17. The van der Waals surface area contributed by atoms with Gasteiger partial charge < -0.3 is 15.2 Å². The van der Waals surface area contributed by atoms with E-state index in [-0.39, 0.29) is 0 Å². The van der Waals surface area contributed by atoms with E-state index in [1.807, 2.05) is 0 Å². The van der Waals surface area contributed by atoms with Crippen molar-refractivity contribution in [1.29, 1.82) is 0 Å². The monoisotopic (exact) mass is 257 g/mol. The minimum Gasteiger partial charge on any atom is -0.479 e. The summed E-state index contributed by atoms with van der Waals surface area (Å²) in [6.45, 7) is 4.01. The second kappa shape index (κ2) is 6.47. The first-order chi connectivity index (χ1) is 8.08. The highest BCUT2D eigenvalue weighted by atomic mass is 35.5. The summed E-state index contributed by atoms with van der Waals surface area (Å²) in [6.07, 6.45) is -0.665. The number of carbonyl (C=O) groups excluding carboxylic acids is 1. The zero-order chi connectivity index (χ0) is 12.8. The van der Waals surface area contributed by atoms with Gasteiger partial charge in [0.05, 0.1) is 6.61 Å². The van der Waals surface area contributed by atoms with Crippen molar-refractivity contribution in [3.8, 4) is 5.75 Å². The number of hydrogen-bond acceptors (Lipinski definition) is 4. The maximum absolute atomic E-state index is 11.4. The first-order valence-corrected chi connectivity index (χ1v) is 5.78. The summed E-state index contributed by atoms with van der Waals surface area (Å²) in [5.41, 5.74) is 6.33. The van der Waals surface area contributed by atoms with Crippen molar-refractivity contribution < 1.29 is 14.3 Å². The molecule has 4 nitrogen and oxygen atoms in total. The van der Waals surface area contributed by atoms with Crippen LogP contribution in [0.3, 0.4) is 0 Å². The number of nitrogens with two attached hydrogens (primary N) is 1. The molecule has 1 atom stereocenters. The molecule has 0 heterocycles. The zero-order valence-corrected chi connectivity index (χ0v) is 10.7. The highest BCUT2D eigenvalue weighted by molar-refractivity contribution is 6.30. The molecule has 0 amide bonds. The van der Waals surface area contributed by atoms with Crippen LogP contribution in [-0.2, 0) is 16.1 Å². The Morgan fingerprint density at radius 1 is 1.53 bits per heavy atom. The highest BCUT2D eigenvalue weighted by Crippen LogP contribution is 2.23. The maximum atomic E-state index is 11.4. The average Bonchev–Trinajstić information content (AvgIpc) is 2.31. The fourth-order valence-electron chi connectivity index (χ4n) is 1.32. The molecule has 94 valence electrons. The van der Waals surface area contributed by atoms with Crippen LogP contribution in [0.1, 0.15) is 19.4 Å². The van der Waals surface area contributed by atoms with Crippen LogP contribution in [0, 0.1) is 0 Å². The van der Waals surface area contributed by atoms with Crippen LogP contribution in [0.15, 0.2) is 18.2 Å². The van der Waals surface area contributed by atoms with Gasteiger partial charge in [0.1, 0.15) is 5.75 Å². The number of halogens is 1. The van der Waals surface area contributed by atoms with Gasteiger partial charge in [-0.15, -0.1) is 0 Å². The number of rotatable bonds is 5. The summed E-state index contributed by atoms with van der Waals surface area (Å²) < 4.78 is 10.3. The van der Waals surface area contributed by atoms with E-state index in [1.165, 1.54) is 0 Å². The largest absolute Gasteiger partial charge is 0.479 e. The Bertz CT molecular complexity index is 395. The lowest BCUT2D eigenvalue weighted by Crippen LogP contribution is -2.26. The maximum Gasteiger partial charge on any atom is 0.347 e. The molecular formula is C12H16ClNO3. The molecule has 17 heavy (non-hydrogen) atoms. The Balaban J connectivity index is 2.77. The molecule has 0 radical (unpaired) electrons. The van der Waals surface area contributed by atoms with Crippen molar-refractivity contribution in [2.75, 3.05) is 6.61 Å². The van der Waals surface area contributed by atoms with Gasteiger partial charge in [0.15, 0.2) is 6.10 Å². The van der Waals surface area contributed by atoms with Crippen LogP contribution in [0.25, 0.3) is 0 Å². The van der Waals surface area contributed by atoms with E-state index < -0.39 is 12.1 Å². The van der Waals surface area contributed by atoms with Gasteiger partial charge in [-0.25, -0.2) is 4.79 Å². The van der Waals surface area contributed by atoms with Gasteiger partial charge in [0, 0.05) is 17.1 Å². The lowest BCUT2D eigenvalue weighted by molar-refractivity contribution is -0.150. The van der Waals surface area contributed by atoms with Crippen LogP contribution >= 0.6 is 11.6 Å². The lowest BCUT2D eigenvalue weighted by atomic mass is 10.2. The molecule has 0 bridgehead atoms. The van der Waals surface area contributed by atoms with E-state index in [4.69, 9.17) is 26.8 Å². The summed E-state index contributed by atoms with van der Waals surface area (Å²) in [4.78, 5) is 11.4. The first kappa shape index (κ1) is 13.8. The standard InChI is InChI=1S/C12H16ClNO3/c1-3-16-12(15)8(2)17-11-5-4-10(13)6-9(11)7-14/h4-6,8H,3,7,14H2,1-2H3. The van der Waals surface area contributed by atoms with Crippen LogP contribution in [0.2, 0.25) is 5.02 Å². The van der Waals surface area contributed by atoms with Crippen LogP contribution in [0.4, 0.5) is 0 Å². The number of benzene rings is 1. The predicted octanol–water partition coefficient (Wildman–Crippen LogP) is 2.13. The van der Waals surface area contributed by atoms with E-state index in [0.29, 0.717) is 23.9 Å². The second-order valence-corrected chi connectivity index (χ2v) is 3.90. The third kappa shape index (κ3) is 3.91. The van der Waals surface area contributed by atoms with Crippen molar-refractivity contribution in [3.05, 3.63) is 28.8 Å². The van der Waals surface area contributed by atoms with Gasteiger partial charge in [0.25, 0.3) is 0 Å². The van der Waals surface area contributed by atoms with Crippen molar-refractivity contribution in [1.82, 2.24) is 0 Å². The van der Waals surface area contributed by atoms with Crippen LogP contribution in [0.5, 0.6) is 5.75 Å². The van der Waals surface area contributed by atoms with Crippen LogP contribution < -0.4 is 10.5 Å². The summed E-state index contributed by atoms with van der Waals surface area (Å²) >= 11 is 5.84. The van der Waals surface area contributed by atoms with E-state index in [9.17, 15) is 4.79 Å². The number of esters is 1. The van der Waals surface area contributed by atoms with Crippen molar-refractivity contribution in [2.24, 2.45) is 5.73 Å². The van der Waals surface area contributed by atoms with Crippen molar-refractivity contribution in [2.45, 2.75) is 26.5 Å². The molecule has 0 saturated carbocycles. The van der Waals surface area contributed by atoms with E-state index in [1.54, 1.807) is 32.0 Å². The molecule has 0 aliphatic heterocycles. The Kier molecular flexibility index (Phi) is 5.25. The molecule has 0 aliphatic carbocycles. The third-order valence-corrected chi connectivity index (χ3v) is 2.40. The second-order valence-electron chi connectivity index (χ2n) is 3.47. The average molecular weight is 258 g/mol. The van der Waals surface area contributed by atoms with E-state index in [2.05, 4.69) is 0 Å². The fourth-order valence-corrected chi connectivity index (χ4v) is 1.52. The molecule has 2 N–H and O–H groups in total. The Labute approximate surface area is 106 Å². The fraction of sp³-hybridized carbons (Fsp3) is 0.417. The smallest absolute Gasteiger partial charge is 0.347 e. The minimum absolute atomic E-state index is 0.297. The normalized spacial score (nSPS) is 12.0. The molecule has 1 rings (SSSR count). The quantitative estimate of drug-likeness (QED) is 0.821. The Morgan fingerprint density at radius 2 is 2.24 bits per heavy atom. The van der Waals surface area contributed by atoms with E-state index >= 15 is 0 Å². The molecule has 1 aromatic carbocycles. The van der Waals surface area contributed by atoms with Gasteiger partial charge in [0.2, 0.25) is 0 Å². The van der Waals surface area contributed by atoms with Gasteiger partial charge >= 0.3 is 5.97 Å². The van der Waals surface area contributed by atoms with E-state index in [0.717, 1.165) is 5.56 Å². The topological polar surface area (TPSA) is 61.5 Å². The van der Waals surface area contributed by atoms with Crippen LogP contribution in [-0.4, -0.2) is 18.7 Å². The van der Waals surface area contributed by atoms with Gasteiger partial charge in [-0.05, 0) is 32.0 Å². The Hall–Kier alpha value is -1.26. The molecule has 0 fully saturated rings. The summed E-state index contributed by atoms with van der Waals surface area (Å²) in [7, 11) is 0. The minimum atomic E-state index is -0.665. The lowest BCUT2D eigenvalue weighted by Gasteiger charge is -2.15. The molecule has 0 spiro atoms. The van der Waals surface area contributed by atoms with Gasteiger partial charge in [-0.3, -0.25) is 0 Å². The number of hydrogen-bond donors (Lipinski definition) is 1. The molecule has 1 aromatic rings. The number of ether oxygens (including phenoxy) is 2. The molecule has 5 heteroatoms. The molecule has 1 unspecified atom stereocenters. The zero-order valence-electron chi connectivity index (χ0n) is 9.90. The summed E-state index contributed by atoms with van der Waals surface area (Å²) in [5.74, 6) is 0.155. The molecule has 0 saturated heterocycles. The van der Waals surface area contributed by atoms with Gasteiger partial charge in [-0.2, -0.15) is 0 Å². The SMILES string of the molecule is CCOC(=O)C(C)Oc1ccc(Cl)cc1CN. The molecule has 0 aliphatic rings. The third-order valence-electron chi connectivity index (χ3n) is 2.16. The predicted molar refractivity (Wildman–Crippen MR) is 66.1 cm³/mol. The van der Waals surface area contributed by atoms with Gasteiger partial charge in [-0.1, -0.05) is 11.6 Å². The van der Waals surface area contributed by atoms with Crippen molar-refractivity contribution >= 4 is 17.6 Å². The first-order valence-electron chi connectivity index (χ1n) is 5.40.